The minimum absolute atomic E-state index is 0.110. The lowest BCUT2D eigenvalue weighted by Crippen LogP contribution is -2.40. The summed E-state index contributed by atoms with van der Waals surface area (Å²) in [6, 6.07) is 13.2. The maximum Gasteiger partial charge on any atom is 0.116 e. The molecule has 0 spiro atoms. The number of hydrogen-bond donors (Lipinski definition) is 2. The molecule has 0 radical (unpaired) electrons. The van der Waals surface area contributed by atoms with Crippen LogP contribution in [-0.2, 0) is 10.2 Å². The van der Waals surface area contributed by atoms with Crippen molar-refractivity contribution in [2.24, 2.45) is 5.92 Å². The van der Waals surface area contributed by atoms with Crippen LogP contribution in [0.3, 0.4) is 0 Å². The van der Waals surface area contributed by atoms with Crippen molar-refractivity contribution < 1.29 is 20.1 Å². The van der Waals surface area contributed by atoms with Gasteiger partial charge < -0.3 is 20.1 Å². The number of hydrogen-bond acceptors (Lipinski definition) is 5. The number of phenols is 2. The number of aromatic hydroxyl groups is 2. The van der Waals surface area contributed by atoms with E-state index in [0.29, 0.717) is 12.3 Å². The van der Waals surface area contributed by atoms with E-state index in [-0.39, 0.29) is 29.3 Å². The van der Waals surface area contributed by atoms with Crippen LogP contribution in [0.5, 0.6) is 11.5 Å². The molecule has 2 N–H and O–H groups in total. The number of thioether (sulfide) groups is 1. The van der Waals surface area contributed by atoms with E-state index in [0.717, 1.165) is 36.3 Å². The summed E-state index contributed by atoms with van der Waals surface area (Å²) in [5.41, 5.74) is 2.33. The molecule has 0 fully saturated rings. The third kappa shape index (κ3) is 4.94. The first-order valence-corrected chi connectivity index (χ1v) is 11.8. The van der Waals surface area contributed by atoms with Gasteiger partial charge in [0.25, 0.3) is 0 Å². The van der Waals surface area contributed by atoms with E-state index in [9.17, 15) is 20.1 Å². The number of unbranched alkanes of at least 4 members (excludes halogenated alkanes) is 1. The molecular weight excluding hydrogens is 396 g/mol. The van der Waals surface area contributed by atoms with Gasteiger partial charge in [0.05, 0.1) is 0 Å². The van der Waals surface area contributed by atoms with Gasteiger partial charge in [0.2, 0.25) is 0 Å². The molecule has 5 heteroatoms. The highest BCUT2D eigenvalue weighted by Gasteiger charge is 2.44. The second-order valence-electron chi connectivity index (χ2n) is 8.62. The highest BCUT2D eigenvalue weighted by molar-refractivity contribution is 7.99. The average Bonchev–Trinajstić information content (AvgIpc) is 2.71. The number of carbonyl (C=O) groups excluding carboxylic acids is 1. The SMILES string of the molecule is CCCC(CCCCC(=O)[O-])C1c2ccc(O)cc2SCC1(C)c1ccc(O)cc1. The highest BCUT2D eigenvalue weighted by Crippen LogP contribution is 2.55. The summed E-state index contributed by atoms with van der Waals surface area (Å²) in [5, 5.41) is 30.6. The fourth-order valence-electron chi connectivity index (χ4n) is 4.97. The highest BCUT2D eigenvalue weighted by atomic mass is 32.2. The Bertz CT molecular complexity index is 864. The van der Waals surface area contributed by atoms with Crippen molar-refractivity contribution >= 4 is 17.7 Å². The van der Waals surface area contributed by atoms with Crippen LogP contribution in [0.15, 0.2) is 47.4 Å². The van der Waals surface area contributed by atoms with Crippen LogP contribution < -0.4 is 5.11 Å². The predicted molar refractivity (Wildman–Crippen MR) is 119 cm³/mol. The average molecular weight is 428 g/mol. The summed E-state index contributed by atoms with van der Waals surface area (Å²) in [7, 11) is 0. The molecule has 0 bridgehead atoms. The third-order valence-electron chi connectivity index (χ3n) is 6.41. The molecule has 162 valence electrons. The molecule has 30 heavy (non-hydrogen) atoms. The standard InChI is InChI=1S/C25H32O4S/c1-3-6-17(7-4-5-8-23(28)29)24-21-14-13-20(27)15-22(21)30-16-25(24,2)18-9-11-19(26)12-10-18/h9-15,17,24,26-27H,3-8,16H2,1-2H3,(H,28,29)/p-1. The summed E-state index contributed by atoms with van der Waals surface area (Å²) in [6.07, 6.45) is 4.70. The Morgan fingerprint density at radius 3 is 2.50 bits per heavy atom. The van der Waals surface area contributed by atoms with Gasteiger partial charge in [-0.25, -0.2) is 0 Å². The number of aliphatic carboxylic acids is 1. The number of rotatable bonds is 9. The predicted octanol–water partition coefficient (Wildman–Crippen LogP) is 4.97. The van der Waals surface area contributed by atoms with E-state index < -0.39 is 5.97 Å². The molecule has 0 aromatic heterocycles. The van der Waals surface area contributed by atoms with E-state index in [1.54, 1.807) is 30.0 Å². The number of fused-ring (bicyclic) bond motifs is 1. The van der Waals surface area contributed by atoms with Crippen LogP contribution in [0.1, 0.15) is 69.4 Å². The molecule has 3 atom stereocenters. The number of carbonyl (C=O) groups is 1. The lowest BCUT2D eigenvalue weighted by atomic mass is 9.62. The third-order valence-corrected chi connectivity index (χ3v) is 7.82. The van der Waals surface area contributed by atoms with Crippen LogP contribution in [-0.4, -0.2) is 21.9 Å². The summed E-state index contributed by atoms with van der Waals surface area (Å²) < 4.78 is 0. The second kappa shape index (κ2) is 9.78. The molecular formula is C25H31O4S-. The van der Waals surface area contributed by atoms with E-state index in [4.69, 9.17) is 0 Å². The number of benzene rings is 2. The van der Waals surface area contributed by atoms with Crippen molar-refractivity contribution in [2.45, 2.75) is 68.6 Å². The van der Waals surface area contributed by atoms with Crippen LogP contribution in [0.2, 0.25) is 0 Å². The van der Waals surface area contributed by atoms with Gasteiger partial charge in [-0.2, -0.15) is 0 Å². The molecule has 0 aliphatic carbocycles. The first kappa shape index (κ1) is 22.5. The van der Waals surface area contributed by atoms with Crippen LogP contribution in [0.4, 0.5) is 0 Å². The molecule has 1 aliphatic heterocycles. The zero-order valence-electron chi connectivity index (χ0n) is 17.8. The molecule has 0 saturated heterocycles. The van der Waals surface area contributed by atoms with Crippen molar-refractivity contribution in [1.82, 2.24) is 0 Å². The van der Waals surface area contributed by atoms with Gasteiger partial charge in [0.1, 0.15) is 11.5 Å². The summed E-state index contributed by atoms with van der Waals surface area (Å²) >= 11 is 1.77. The first-order valence-electron chi connectivity index (χ1n) is 10.8. The Morgan fingerprint density at radius 1 is 1.13 bits per heavy atom. The molecule has 2 aromatic rings. The first-order chi connectivity index (χ1) is 14.3. The van der Waals surface area contributed by atoms with Crippen molar-refractivity contribution in [3.8, 4) is 11.5 Å². The Labute approximate surface area is 183 Å². The van der Waals surface area contributed by atoms with Crippen LogP contribution in [0, 0.1) is 5.92 Å². The van der Waals surface area contributed by atoms with E-state index in [1.165, 1.54) is 11.1 Å². The zero-order chi connectivity index (χ0) is 21.7. The van der Waals surface area contributed by atoms with Gasteiger partial charge in [-0.05, 0) is 66.5 Å². The minimum atomic E-state index is -0.981. The number of carboxylic acid groups (broad SMARTS) is 1. The van der Waals surface area contributed by atoms with Crippen molar-refractivity contribution in [2.75, 3.05) is 5.75 Å². The maximum absolute atomic E-state index is 10.8. The van der Waals surface area contributed by atoms with Crippen LogP contribution >= 0.6 is 11.8 Å². The van der Waals surface area contributed by atoms with Crippen molar-refractivity contribution in [3.05, 3.63) is 53.6 Å². The molecule has 3 rings (SSSR count). The second-order valence-corrected chi connectivity index (χ2v) is 9.64. The Kier molecular flexibility index (Phi) is 7.35. The Balaban J connectivity index is 2.00. The molecule has 3 unspecified atom stereocenters. The molecule has 0 amide bonds. The minimum Gasteiger partial charge on any atom is -0.550 e. The molecule has 1 heterocycles. The number of carboxylic acids is 1. The normalized spacial score (nSPS) is 21.7. The van der Waals surface area contributed by atoms with Crippen molar-refractivity contribution in [3.63, 3.8) is 0 Å². The molecule has 4 nitrogen and oxygen atoms in total. The molecule has 1 aliphatic rings. The van der Waals surface area contributed by atoms with Crippen LogP contribution in [0.25, 0.3) is 0 Å². The largest absolute Gasteiger partial charge is 0.550 e. The van der Waals surface area contributed by atoms with Gasteiger partial charge in [-0.15, -0.1) is 11.8 Å². The Hall–Kier alpha value is -2.14. The number of phenolic OH excluding ortho intramolecular Hbond substituents is 2. The fourth-order valence-corrected chi connectivity index (χ4v) is 6.34. The van der Waals surface area contributed by atoms with Gasteiger partial charge in [0, 0.05) is 22.0 Å². The lowest BCUT2D eigenvalue weighted by Gasteiger charge is -2.47. The fraction of sp³-hybridized carbons (Fsp3) is 0.480. The smallest absolute Gasteiger partial charge is 0.116 e. The van der Waals surface area contributed by atoms with Crippen molar-refractivity contribution in [1.29, 1.82) is 0 Å². The van der Waals surface area contributed by atoms with Gasteiger partial charge in [-0.3, -0.25) is 0 Å². The summed E-state index contributed by atoms with van der Waals surface area (Å²) in [5.74, 6) is 1.11. The topological polar surface area (TPSA) is 80.6 Å². The molecule has 0 saturated carbocycles. The van der Waals surface area contributed by atoms with Gasteiger partial charge >= 0.3 is 0 Å². The molecule has 2 aromatic carbocycles. The Morgan fingerprint density at radius 2 is 1.83 bits per heavy atom. The maximum atomic E-state index is 10.8. The summed E-state index contributed by atoms with van der Waals surface area (Å²) in [4.78, 5) is 12.0. The van der Waals surface area contributed by atoms with Gasteiger partial charge in [-0.1, -0.05) is 51.3 Å². The van der Waals surface area contributed by atoms with E-state index >= 15 is 0 Å². The lowest BCUT2D eigenvalue weighted by molar-refractivity contribution is -0.305. The quantitative estimate of drug-likeness (QED) is 0.552. The zero-order valence-corrected chi connectivity index (χ0v) is 18.6. The summed E-state index contributed by atoms with van der Waals surface area (Å²) in [6.45, 7) is 4.50. The van der Waals surface area contributed by atoms with Gasteiger partial charge in [0.15, 0.2) is 0 Å². The van der Waals surface area contributed by atoms with E-state index in [2.05, 4.69) is 19.9 Å². The monoisotopic (exact) mass is 427 g/mol. The van der Waals surface area contributed by atoms with E-state index in [1.807, 2.05) is 18.2 Å².